The van der Waals surface area contributed by atoms with Crippen molar-refractivity contribution in [3.05, 3.63) is 86.8 Å². The maximum absolute atomic E-state index is 15.4. The van der Waals surface area contributed by atoms with Gasteiger partial charge in [-0.2, -0.15) is 18.2 Å². The van der Waals surface area contributed by atoms with Crippen LogP contribution in [0.5, 0.6) is 6.01 Å². The number of benzene rings is 2. The minimum Gasteiger partial charge on any atom is -0.478 e. The van der Waals surface area contributed by atoms with Gasteiger partial charge in [0.1, 0.15) is 33.6 Å². The van der Waals surface area contributed by atoms with E-state index in [1.54, 1.807) is 0 Å². The Morgan fingerprint density at radius 3 is 2.53 bits per heavy atom. The Morgan fingerprint density at radius 1 is 1.09 bits per heavy atom. The SMILES string of the molecule is O=C(O)c1cc(F)c2nc(Cc3c(F)cc(-c4ccnc(OCc5ncc(C(F)(F)F)s5)n4)c(F)c3F)n(C[C@@H]3CCO3)c2c1. The molecule has 4 heterocycles. The molecule has 0 amide bonds. The number of aromatic carboxylic acids is 1. The lowest BCUT2D eigenvalue weighted by atomic mass is 10.0. The number of alkyl halides is 3. The number of carboxylic acids is 1. The maximum Gasteiger partial charge on any atom is 0.427 e. The third kappa shape index (κ3) is 6.04. The molecule has 1 saturated heterocycles. The molecule has 2 aromatic carbocycles. The van der Waals surface area contributed by atoms with Crippen molar-refractivity contribution in [2.75, 3.05) is 6.61 Å². The van der Waals surface area contributed by atoms with E-state index in [0.29, 0.717) is 36.6 Å². The number of fused-ring (bicyclic) bond motifs is 1. The maximum atomic E-state index is 15.4. The van der Waals surface area contributed by atoms with Crippen molar-refractivity contribution in [3.8, 4) is 17.3 Å². The molecule has 17 heteroatoms. The lowest BCUT2D eigenvalue weighted by molar-refractivity contribution is -0.134. The summed E-state index contributed by atoms with van der Waals surface area (Å²) in [5, 5.41) is 9.33. The van der Waals surface area contributed by atoms with Crippen molar-refractivity contribution in [2.24, 2.45) is 0 Å². The molecule has 0 aliphatic carbocycles. The summed E-state index contributed by atoms with van der Waals surface area (Å²) in [6, 6.07) is 3.40. The highest BCUT2D eigenvalue weighted by molar-refractivity contribution is 7.11. The van der Waals surface area contributed by atoms with Gasteiger partial charge in [-0.05, 0) is 30.7 Å². The van der Waals surface area contributed by atoms with E-state index in [4.69, 9.17) is 9.47 Å². The number of imidazole rings is 1. The van der Waals surface area contributed by atoms with Gasteiger partial charge in [0, 0.05) is 30.4 Å². The van der Waals surface area contributed by atoms with Crippen molar-refractivity contribution in [1.29, 1.82) is 0 Å². The summed E-state index contributed by atoms with van der Waals surface area (Å²) in [5.74, 6) is -6.64. The van der Waals surface area contributed by atoms with Crippen LogP contribution in [-0.4, -0.2) is 48.3 Å². The van der Waals surface area contributed by atoms with Gasteiger partial charge in [-0.15, -0.1) is 11.3 Å². The predicted molar refractivity (Wildman–Crippen MR) is 143 cm³/mol. The van der Waals surface area contributed by atoms with E-state index in [0.717, 1.165) is 18.3 Å². The standard InChI is InChI=1S/C28H18F7N5O4S/c29-16-7-15(18-1-3-36-27(38-18)44-11-22-37-9-20(45-22)28(33,34)35)24(32)23(31)14(16)8-21-39-25-17(30)5-12(26(41)42)6-19(25)40(21)10-13-2-4-43-13/h1,3,5-7,9,13H,2,4,8,10-11H2,(H,41,42)/t13-/m0/s1. The Balaban J connectivity index is 1.30. The second kappa shape index (κ2) is 11.7. The van der Waals surface area contributed by atoms with E-state index < -0.39 is 70.5 Å². The summed E-state index contributed by atoms with van der Waals surface area (Å²) in [6.07, 6.45) is -3.15. The molecule has 0 unspecified atom stereocenters. The van der Waals surface area contributed by atoms with Crippen LogP contribution in [0.15, 0.2) is 36.7 Å². The second-order valence-electron chi connectivity index (χ2n) is 9.87. The topological polar surface area (TPSA) is 112 Å². The lowest BCUT2D eigenvalue weighted by Crippen LogP contribution is -2.31. The number of ether oxygens (including phenoxy) is 2. The highest BCUT2D eigenvalue weighted by atomic mass is 32.1. The van der Waals surface area contributed by atoms with E-state index in [1.807, 2.05) is 0 Å². The molecule has 9 nitrogen and oxygen atoms in total. The number of aromatic nitrogens is 5. The summed E-state index contributed by atoms with van der Waals surface area (Å²) in [6.45, 7) is 0.104. The molecule has 234 valence electrons. The minimum absolute atomic E-state index is 0.0436. The largest absolute Gasteiger partial charge is 0.478 e. The minimum atomic E-state index is -4.58. The first-order chi connectivity index (χ1) is 21.4. The number of thiazole rings is 1. The number of rotatable bonds is 9. The van der Waals surface area contributed by atoms with E-state index >= 15 is 13.2 Å². The molecule has 1 N–H and O–H groups in total. The van der Waals surface area contributed by atoms with Crippen molar-refractivity contribution in [2.45, 2.75) is 38.3 Å². The highest BCUT2D eigenvalue weighted by Crippen LogP contribution is 2.34. The Kier molecular flexibility index (Phi) is 7.90. The van der Waals surface area contributed by atoms with E-state index in [-0.39, 0.29) is 45.8 Å². The van der Waals surface area contributed by atoms with Crippen LogP contribution in [0.3, 0.4) is 0 Å². The fourth-order valence-electron chi connectivity index (χ4n) is 4.66. The first-order valence-corrected chi connectivity index (χ1v) is 13.9. The molecule has 0 spiro atoms. The second-order valence-corrected chi connectivity index (χ2v) is 11.0. The molecular formula is C28H18F7N5O4S. The van der Waals surface area contributed by atoms with Gasteiger partial charge < -0.3 is 19.1 Å². The predicted octanol–water partition coefficient (Wildman–Crippen LogP) is 6.18. The van der Waals surface area contributed by atoms with Crippen LogP contribution in [0.4, 0.5) is 30.7 Å². The van der Waals surface area contributed by atoms with Crippen molar-refractivity contribution >= 4 is 28.3 Å². The molecule has 0 saturated carbocycles. The molecule has 0 bridgehead atoms. The quantitative estimate of drug-likeness (QED) is 0.148. The third-order valence-electron chi connectivity index (χ3n) is 6.97. The summed E-state index contributed by atoms with van der Waals surface area (Å²) < 4.78 is 112. The Labute approximate surface area is 251 Å². The van der Waals surface area contributed by atoms with Gasteiger partial charge >= 0.3 is 18.2 Å². The molecule has 5 aromatic rings. The summed E-state index contributed by atoms with van der Waals surface area (Å²) in [7, 11) is 0. The molecule has 6 rings (SSSR count). The van der Waals surface area contributed by atoms with E-state index in [1.165, 1.54) is 10.6 Å². The average molecular weight is 654 g/mol. The number of hydrogen-bond acceptors (Lipinski definition) is 8. The van der Waals surface area contributed by atoms with Crippen molar-refractivity contribution in [3.63, 3.8) is 0 Å². The monoisotopic (exact) mass is 653 g/mol. The van der Waals surface area contributed by atoms with Gasteiger partial charge in [0.05, 0.1) is 35.6 Å². The molecular weight excluding hydrogens is 635 g/mol. The number of hydrogen-bond donors (Lipinski definition) is 1. The number of carbonyl (C=O) groups is 1. The molecule has 1 atom stereocenters. The first-order valence-electron chi connectivity index (χ1n) is 13.1. The Bertz CT molecular complexity index is 1940. The number of nitrogens with zero attached hydrogens (tertiary/aromatic N) is 5. The average Bonchev–Trinajstić information content (AvgIpc) is 3.59. The zero-order chi connectivity index (χ0) is 32.0. The lowest BCUT2D eigenvalue weighted by Gasteiger charge is -2.27. The van der Waals surface area contributed by atoms with Gasteiger partial charge in [0.2, 0.25) is 0 Å². The van der Waals surface area contributed by atoms with Gasteiger partial charge in [-0.25, -0.2) is 37.3 Å². The summed E-state index contributed by atoms with van der Waals surface area (Å²) in [4.78, 5) is 26.1. The Hall–Kier alpha value is -4.64. The number of carboxylic acid groups (broad SMARTS) is 1. The van der Waals surface area contributed by atoms with Gasteiger partial charge in [0.15, 0.2) is 17.5 Å². The van der Waals surface area contributed by atoms with Gasteiger partial charge in [-0.1, -0.05) is 0 Å². The smallest absolute Gasteiger partial charge is 0.427 e. The van der Waals surface area contributed by atoms with Crippen LogP contribution in [0.25, 0.3) is 22.3 Å². The van der Waals surface area contributed by atoms with Crippen molar-refractivity contribution in [1.82, 2.24) is 24.5 Å². The summed E-state index contributed by atoms with van der Waals surface area (Å²) >= 11 is 0.344. The number of halogens is 7. The molecule has 1 fully saturated rings. The van der Waals surface area contributed by atoms with Crippen LogP contribution in [0, 0.1) is 23.3 Å². The Morgan fingerprint density at radius 2 is 1.87 bits per heavy atom. The molecule has 1 aliphatic heterocycles. The van der Waals surface area contributed by atoms with Crippen LogP contribution in [-0.2, 0) is 30.5 Å². The van der Waals surface area contributed by atoms with Gasteiger partial charge in [0.25, 0.3) is 0 Å². The molecule has 0 radical (unpaired) electrons. The van der Waals surface area contributed by atoms with Crippen LogP contribution < -0.4 is 4.74 Å². The highest BCUT2D eigenvalue weighted by Gasteiger charge is 2.33. The zero-order valence-corrected chi connectivity index (χ0v) is 23.4. The fraction of sp³-hybridized carbons (Fsp3) is 0.250. The third-order valence-corrected chi connectivity index (χ3v) is 7.98. The molecule has 45 heavy (non-hydrogen) atoms. The van der Waals surface area contributed by atoms with Crippen LogP contribution in [0.2, 0.25) is 0 Å². The van der Waals surface area contributed by atoms with E-state index in [2.05, 4.69) is 19.9 Å². The molecule has 3 aromatic heterocycles. The first kappa shape index (κ1) is 30.4. The van der Waals surface area contributed by atoms with Crippen LogP contribution in [0.1, 0.15) is 38.1 Å². The van der Waals surface area contributed by atoms with Crippen molar-refractivity contribution < 1.29 is 50.1 Å². The van der Waals surface area contributed by atoms with E-state index in [9.17, 15) is 27.5 Å². The normalized spacial score (nSPS) is 15.0. The fourth-order valence-corrected chi connectivity index (χ4v) is 5.36. The van der Waals surface area contributed by atoms with Crippen LogP contribution >= 0.6 is 11.3 Å². The summed E-state index contributed by atoms with van der Waals surface area (Å²) in [5.41, 5.74) is -2.13. The molecule has 1 aliphatic rings. The zero-order valence-electron chi connectivity index (χ0n) is 22.5. The van der Waals surface area contributed by atoms with Gasteiger partial charge in [-0.3, -0.25) is 0 Å².